The number of amides is 2. The third-order valence-corrected chi connectivity index (χ3v) is 7.02. The third-order valence-electron chi connectivity index (χ3n) is 7.02. The van der Waals surface area contributed by atoms with Gasteiger partial charge in [-0.05, 0) is 26.2 Å². The number of ether oxygens (including phenoxy) is 2. The number of carbonyl (C=O) groups is 3. The Morgan fingerprint density at radius 2 is 2.12 bits per heavy atom. The van der Waals surface area contributed by atoms with Gasteiger partial charge in [0.25, 0.3) is 0 Å². The van der Waals surface area contributed by atoms with E-state index in [4.69, 9.17) is 9.47 Å². The maximum atomic E-state index is 13.9. The molecule has 0 aromatic rings. The number of aliphatic hydroxyl groups is 1. The number of fused-ring (bicyclic) bond motifs is 1. The normalized spacial score (nSPS) is 31.3. The van der Waals surface area contributed by atoms with E-state index >= 15 is 0 Å². The van der Waals surface area contributed by atoms with Gasteiger partial charge in [-0.25, -0.2) is 0 Å². The van der Waals surface area contributed by atoms with Crippen molar-refractivity contribution in [3.05, 3.63) is 25.3 Å². The molecule has 2 unspecified atom stereocenters. The van der Waals surface area contributed by atoms with E-state index in [0.29, 0.717) is 25.9 Å². The van der Waals surface area contributed by atoms with Gasteiger partial charge in [0.1, 0.15) is 18.2 Å². The molecule has 2 amide bonds. The van der Waals surface area contributed by atoms with Gasteiger partial charge in [0.15, 0.2) is 0 Å². The summed E-state index contributed by atoms with van der Waals surface area (Å²) in [6.07, 6.45) is 6.67. The molecule has 3 aliphatic rings. The van der Waals surface area contributed by atoms with E-state index in [9.17, 15) is 19.5 Å². The zero-order chi connectivity index (χ0) is 23.5. The smallest absolute Gasteiger partial charge is 0.312 e. The van der Waals surface area contributed by atoms with Gasteiger partial charge in [-0.3, -0.25) is 14.4 Å². The van der Waals surface area contributed by atoms with Crippen molar-refractivity contribution in [1.82, 2.24) is 9.80 Å². The molecule has 8 heteroatoms. The minimum Gasteiger partial charge on any atom is -0.461 e. The molecule has 0 saturated carbocycles. The Labute approximate surface area is 190 Å². The highest BCUT2D eigenvalue weighted by Gasteiger charge is 2.75. The topological polar surface area (TPSA) is 96.4 Å². The SMILES string of the molecule is C=CCOC(=O)[C@@H]1[C@H]2C(=O)N([C@H](C)CO)C(C(=O)N(CC=C)CCCCC)C23CC[C@H]1O3. The number of hydrogen-bond donors (Lipinski definition) is 1. The maximum absolute atomic E-state index is 13.9. The first kappa shape index (κ1) is 24.5. The van der Waals surface area contributed by atoms with Crippen molar-refractivity contribution in [3.63, 3.8) is 0 Å². The van der Waals surface area contributed by atoms with Crippen LogP contribution in [0.25, 0.3) is 0 Å². The van der Waals surface area contributed by atoms with E-state index in [1.165, 1.54) is 11.0 Å². The molecule has 3 heterocycles. The number of rotatable bonds is 12. The van der Waals surface area contributed by atoms with Crippen LogP contribution in [0.3, 0.4) is 0 Å². The van der Waals surface area contributed by atoms with Gasteiger partial charge in [0.2, 0.25) is 11.8 Å². The van der Waals surface area contributed by atoms with E-state index in [2.05, 4.69) is 20.1 Å². The van der Waals surface area contributed by atoms with Crippen LogP contribution in [0.2, 0.25) is 0 Å². The second kappa shape index (κ2) is 10.2. The Morgan fingerprint density at radius 3 is 2.75 bits per heavy atom. The molecule has 0 aromatic heterocycles. The van der Waals surface area contributed by atoms with Crippen molar-refractivity contribution in [3.8, 4) is 0 Å². The summed E-state index contributed by atoms with van der Waals surface area (Å²) in [5.74, 6) is -2.57. The fraction of sp³-hybridized carbons (Fsp3) is 0.708. The maximum Gasteiger partial charge on any atom is 0.312 e. The highest BCUT2D eigenvalue weighted by molar-refractivity contribution is 5.98. The zero-order valence-electron chi connectivity index (χ0n) is 19.2. The molecule has 178 valence electrons. The largest absolute Gasteiger partial charge is 0.461 e. The van der Waals surface area contributed by atoms with E-state index in [0.717, 1.165) is 19.3 Å². The molecule has 8 nitrogen and oxygen atoms in total. The van der Waals surface area contributed by atoms with Crippen molar-refractivity contribution in [2.24, 2.45) is 11.8 Å². The van der Waals surface area contributed by atoms with Crippen LogP contribution in [0.15, 0.2) is 25.3 Å². The molecule has 1 spiro atoms. The van der Waals surface area contributed by atoms with Crippen LogP contribution < -0.4 is 0 Å². The van der Waals surface area contributed by atoms with Gasteiger partial charge in [0.05, 0.1) is 30.6 Å². The molecule has 3 rings (SSSR count). The lowest BCUT2D eigenvalue weighted by Gasteiger charge is -2.38. The first-order valence-electron chi connectivity index (χ1n) is 11.7. The van der Waals surface area contributed by atoms with Gasteiger partial charge < -0.3 is 24.4 Å². The van der Waals surface area contributed by atoms with Crippen molar-refractivity contribution in [1.29, 1.82) is 0 Å². The standard InChI is InChI=1S/C24H36N2O6/c1-5-8-9-13-25(12-6-2)22(29)20-24-11-10-17(32-24)18(23(30)31-14-7-3)19(24)21(28)26(20)16(4)15-27/h6-7,16-20,27H,2-3,5,8-15H2,1,4H3/t16-,17-,18+,19+,20?,24?/m1/s1. The fourth-order valence-corrected chi connectivity index (χ4v) is 5.61. The molecular formula is C24H36N2O6. The monoisotopic (exact) mass is 448 g/mol. The molecule has 6 atom stereocenters. The Balaban J connectivity index is 1.97. The van der Waals surface area contributed by atoms with Crippen LogP contribution in [-0.4, -0.2) is 82.8 Å². The van der Waals surface area contributed by atoms with Crippen LogP contribution in [0.1, 0.15) is 46.0 Å². The summed E-state index contributed by atoms with van der Waals surface area (Å²) < 4.78 is 11.6. The van der Waals surface area contributed by atoms with Crippen LogP contribution >= 0.6 is 0 Å². The predicted octanol–water partition coefficient (Wildman–Crippen LogP) is 1.68. The summed E-state index contributed by atoms with van der Waals surface area (Å²) in [7, 11) is 0. The van der Waals surface area contributed by atoms with Gasteiger partial charge in [-0.2, -0.15) is 0 Å². The molecule has 0 aromatic carbocycles. The molecule has 3 aliphatic heterocycles. The van der Waals surface area contributed by atoms with Crippen molar-refractivity contribution in [2.45, 2.75) is 69.7 Å². The van der Waals surface area contributed by atoms with Gasteiger partial charge >= 0.3 is 5.97 Å². The molecule has 2 bridgehead atoms. The molecule has 3 saturated heterocycles. The number of carbonyl (C=O) groups excluding carboxylic acids is 3. The predicted molar refractivity (Wildman–Crippen MR) is 118 cm³/mol. The molecule has 3 fully saturated rings. The minimum absolute atomic E-state index is 0.0552. The summed E-state index contributed by atoms with van der Waals surface area (Å²) >= 11 is 0. The highest BCUT2D eigenvalue weighted by Crippen LogP contribution is 2.59. The lowest BCUT2D eigenvalue weighted by Crippen LogP contribution is -2.58. The molecule has 0 radical (unpaired) electrons. The third kappa shape index (κ3) is 3.99. The average molecular weight is 449 g/mol. The van der Waals surface area contributed by atoms with Crippen LogP contribution in [-0.2, 0) is 23.9 Å². The zero-order valence-corrected chi connectivity index (χ0v) is 19.2. The highest BCUT2D eigenvalue weighted by atomic mass is 16.6. The Bertz CT molecular complexity index is 755. The quantitative estimate of drug-likeness (QED) is 0.277. The van der Waals surface area contributed by atoms with Crippen LogP contribution in [0, 0.1) is 11.8 Å². The molecular weight excluding hydrogens is 412 g/mol. The summed E-state index contributed by atoms with van der Waals surface area (Å²) in [5.41, 5.74) is -1.08. The number of nitrogens with zero attached hydrogens (tertiary/aromatic N) is 2. The fourth-order valence-electron chi connectivity index (χ4n) is 5.61. The second-order valence-electron chi connectivity index (χ2n) is 9.03. The van der Waals surface area contributed by atoms with E-state index in [1.807, 2.05) is 0 Å². The van der Waals surface area contributed by atoms with Crippen LogP contribution in [0.4, 0.5) is 0 Å². The number of unbranched alkanes of at least 4 members (excludes halogenated alkanes) is 2. The van der Waals surface area contributed by atoms with Crippen molar-refractivity contribution in [2.75, 3.05) is 26.3 Å². The van der Waals surface area contributed by atoms with Crippen LogP contribution in [0.5, 0.6) is 0 Å². The summed E-state index contributed by atoms with van der Waals surface area (Å²) in [4.78, 5) is 43.5. The Hall–Kier alpha value is -2.19. The summed E-state index contributed by atoms with van der Waals surface area (Å²) in [5, 5.41) is 9.87. The summed E-state index contributed by atoms with van der Waals surface area (Å²) in [6.45, 7) is 11.8. The van der Waals surface area contributed by atoms with Gasteiger partial charge in [-0.1, -0.05) is 38.5 Å². The van der Waals surface area contributed by atoms with Crippen molar-refractivity contribution < 1.29 is 29.0 Å². The van der Waals surface area contributed by atoms with Crippen molar-refractivity contribution >= 4 is 17.8 Å². The second-order valence-corrected chi connectivity index (χ2v) is 9.03. The Kier molecular flexibility index (Phi) is 7.77. The number of hydrogen-bond acceptors (Lipinski definition) is 6. The molecule has 0 aliphatic carbocycles. The lowest BCUT2D eigenvalue weighted by atomic mass is 9.70. The van der Waals surface area contributed by atoms with E-state index in [-0.39, 0.29) is 25.0 Å². The molecule has 32 heavy (non-hydrogen) atoms. The van der Waals surface area contributed by atoms with E-state index < -0.39 is 41.6 Å². The van der Waals surface area contributed by atoms with Gasteiger partial charge in [0, 0.05) is 13.1 Å². The number of aliphatic hydroxyl groups excluding tert-OH is 1. The van der Waals surface area contributed by atoms with Gasteiger partial charge in [-0.15, -0.1) is 6.58 Å². The molecule has 1 N–H and O–H groups in total. The lowest BCUT2D eigenvalue weighted by molar-refractivity contribution is -0.155. The summed E-state index contributed by atoms with van der Waals surface area (Å²) in [6, 6.07) is -1.46. The Morgan fingerprint density at radius 1 is 1.38 bits per heavy atom. The first-order valence-corrected chi connectivity index (χ1v) is 11.7. The average Bonchev–Trinajstić information content (AvgIpc) is 3.43. The number of likely N-dealkylation sites (tertiary alicyclic amines) is 1. The number of esters is 1. The van der Waals surface area contributed by atoms with E-state index in [1.54, 1.807) is 17.9 Å². The first-order chi connectivity index (χ1) is 15.4. The minimum atomic E-state index is -1.08.